The number of carbonyl (C=O) groups excluding carboxylic acids is 1. The van der Waals surface area contributed by atoms with Gasteiger partial charge in [0.1, 0.15) is 5.75 Å². The van der Waals surface area contributed by atoms with Crippen molar-refractivity contribution in [3.05, 3.63) is 65.7 Å². The van der Waals surface area contributed by atoms with Crippen molar-refractivity contribution in [3.8, 4) is 5.75 Å². The second-order valence-corrected chi connectivity index (χ2v) is 5.14. The van der Waals surface area contributed by atoms with Crippen LogP contribution in [-0.2, 0) is 6.54 Å². The molecule has 5 heteroatoms. The summed E-state index contributed by atoms with van der Waals surface area (Å²) in [7, 11) is 1.60. The highest BCUT2D eigenvalue weighted by atomic mass is 16.5. The van der Waals surface area contributed by atoms with Crippen molar-refractivity contribution in [2.45, 2.75) is 19.1 Å². The van der Waals surface area contributed by atoms with E-state index in [0.717, 1.165) is 16.9 Å². The number of nitrogens with one attached hydrogen (secondary N) is 2. The molecule has 2 rings (SSSR count). The molecule has 0 aliphatic carbocycles. The van der Waals surface area contributed by atoms with Crippen LogP contribution >= 0.6 is 0 Å². The topological polar surface area (TPSA) is 70.6 Å². The molecule has 2 aromatic rings. The van der Waals surface area contributed by atoms with E-state index < -0.39 is 6.10 Å². The fourth-order valence-corrected chi connectivity index (χ4v) is 2.25. The van der Waals surface area contributed by atoms with Gasteiger partial charge in [-0.15, -0.1) is 0 Å². The number of benzene rings is 2. The van der Waals surface area contributed by atoms with Crippen LogP contribution in [0.15, 0.2) is 54.6 Å². The van der Waals surface area contributed by atoms with Crippen LogP contribution < -0.4 is 15.4 Å². The largest absolute Gasteiger partial charge is 0.496 e. The molecule has 0 aliphatic rings. The number of rotatable bonds is 7. The number of carbonyl (C=O) groups is 1. The van der Waals surface area contributed by atoms with Crippen molar-refractivity contribution in [1.29, 1.82) is 0 Å². The number of para-hydroxylation sites is 1. The van der Waals surface area contributed by atoms with Crippen LogP contribution in [0.5, 0.6) is 5.75 Å². The Hall–Kier alpha value is -2.53. The predicted molar refractivity (Wildman–Crippen MR) is 89.3 cm³/mol. The zero-order valence-corrected chi connectivity index (χ0v) is 13.2. The minimum Gasteiger partial charge on any atom is -0.496 e. The smallest absolute Gasteiger partial charge is 0.315 e. The van der Waals surface area contributed by atoms with Crippen molar-refractivity contribution in [1.82, 2.24) is 10.6 Å². The molecule has 3 N–H and O–H groups in total. The fourth-order valence-electron chi connectivity index (χ4n) is 2.25. The van der Waals surface area contributed by atoms with Gasteiger partial charge in [-0.25, -0.2) is 4.79 Å². The molecule has 0 spiro atoms. The molecule has 0 bridgehead atoms. The Kier molecular flexibility index (Phi) is 6.44. The van der Waals surface area contributed by atoms with E-state index in [2.05, 4.69) is 10.6 Å². The molecule has 0 aliphatic heterocycles. The lowest BCUT2D eigenvalue weighted by Gasteiger charge is -2.13. The van der Waals surface area contributed by atoms with Gasteiger partial charge in [0.15, 0.2) is 0 Å². The molecule has 2 amide bonds. The molecule has 2 aromatic carbocycles. The first kappa shape index (κ1) is 16.8. The number of urea groups is 1. The lowest BCUT2D eigenvalue weighted by Crippen LogP contribution is -2.36. The standard InChI is InChI=1S/C18H22N2O3/c1-23-17-10-6-5-9-15(17)13-20-18(22)19-12-11-16(21)14-7-3-2-4-8-14/h2-10,16,21H,11-13H2,1H3,(H2,19,20,22). The van der Waals surface area contributed by atoms with Crippen LogP contribution in [0.2, 0.25) is 0 Å². The van der Waals surface area contributed by atoms with E-state index >= 15 is 0 Å². The second kappa shape index (κ2) is 8.80. The molecule has 122 valence electrons. The van der Waals surface area contributed by atoms with E-state index in [-0.39, 0.29) is 6.03 Å². The van der Waals surface area contributed by atoms with Crippen molar-refractivity contribution < 1.29 is 14.6 Å². The maximum atomic E-state index is 11.8. The molecular formula is C18H22N2O3. The number of aliphatic hydroxyl groups excluding tert-OH is 1. The quantitative estimate of drug-likeness (QED) is 0.736. The fraction of sp³-hybridized carbons (Fsp3) is 0.278. The van der Waals surface area contributed by atoms with Gasteiger partial charge in [-0.3, -0.25) is 0 Å². The third-order valence-electron chi connectivity index (χ3n) is 3.52. The summed E-state index contributed by atoms with van der Waals surface area (Å²) in [5, 5.41) is 15.5. The van der Waals surface area contributed by atoms with E-state index in [9.17, 15) is 9.90 Å². The van der Waals surface area contributed by atoms with Gasteiger partial charge in [0, 0.05) is 18.7 Å². The zero-order valence-electron chi connectivity index (χ0n) is 13.2. The average molecular weight is 314 g/mol. The molecule has 0 fully saturated rings. The number of methoxy groups -OCH3 is 1. The Labute approximate surface area is 136 Å². The van der Waals surface area contributed by atoms with E-state index in [1.165, 1.54) is 0 Å². The Balaban J connectivity index is 1.71. The number of hydrogen-bond acceptors (Lipinski definition) is 3. The highest BCUT2D eigenvalue weighted by molar-refractivity contribution is 5.73. The predicted octanol–water partition coefficient (Wildman–Crippen LogP) is 2.62. The van der Waals surface area contributed by atoms with Crippen molar-refractivity contribution in [2.24, 2.45) is 0 Å². The van der Waals surface area contributed by atoms with E-state index in [1.807, 2.05) is 54.6 Å². The maximum absolute atomic E-state index is 11.8. The first-order valence-corrected chi connectivity index (χ1v) is 7.57. The number of amides is 2. The Morgan fingerprint density at radius 3 is 2.52 bits per heavy atom. The monoisotopic (exact) mass is 314 g/mol. The molecule has 0 heterocycles. The van der Waals surface area contributed by atoms with Gasteiger partial charge in [-0.1, -0.05) is 48.5 Å². The summed E-state index contributed by atoms with van der Waals surface area (Å²) < 4.78 is 5.23. The molecule has 23 heavy (non-hydrogen) atoms. The highest BCUT2D eigenvalue weighted by Gasteiger charge is 2.08. The van der Waals surface area contributed by atoms with Crippen LogP contribution in [0.1, 0.15) is 23.7 Å². The maximum Gasteiger partial charge on any atom is 0.315 e. The Morgan fingerprint density at radius 1 is 1.09 bits per heavy atom. The Bertz CT molecular complexity index is 617. The molecular weight excluding hydrogens is 292 g/mol. The van der Waals surface area contributed by atoms with Gasteiger partial charge in [0.25, 0.3) is 0 Å². The number of hydrogen-bond donors (Lipinski definition) is 3. The third kappa shape index (κ3) is 5.30. The molecule has 0 radical (unpaired) electrons. The summed E-state index contributed by atoms with van der Waals surface area (Å²) in [5.41, 5.74) is 1.76. The van der Waals surface area contributed by atoms with Crippen molar-refractivity contribution in [2.75, 3.05) is 13.7 Å². The lowest BCUT2D eigenvalue weighted by atomic mass is 10.1. The normalized spacial score (nSPS) is 11.6. The summed E-state index contributed by atoms with van der Waals surface area (Å²) in [5.74, 6) is 0.743. The Morgan fingerprint density at radius 2 is 1.78 bits per heavy atom. The van der Waals surface area contributed by atoms with Crippen LogP contribution in [0.4, 0.5) is 4.79 Å². The molecule has 5 nitrogen and oxygen atoms in total. The van der Waals surface area contributed by atoms with Crippen LogP contribution in [0.3, 0.4) is 0 Å². The van der Waals surface area contributed by atoms with Gasteiger partial charge in [0.2, 0.25) is 0 Å². The first-order chi connectivity index (χ1) is 11.2. The summed E-state index contributed by atoms with van der Waals surface area (Å²) in [4.78, 5) is 11.8. The number of ether oxygens (including phenoxy) is 1. The van der Waals surface area contributed by atoms with Gasteiger partial charge >= 0.3 is 6.03 Å². The van der Waals surface area contributed by atoms with Crippen molar-refractivity contribution in [3.63, 3.8) is 0 Å². The molecule has 1 unspecified atom stereocenters. The van der Waals surface area contributed by atoms with E-state index in [0.29, 0.717) is 19.5 Å². The summed E-state index contributed by atoms with van der Waals surface area (Å²) in [6.07, 6.45) is -0.114. The lowest BCUT2D eigenvalue weighted by molar-refractivity contribution is 0.167. The highest BCUT2D eigenvalue weighted by Crippen LogP contribution is 2.17. The summed E-state index contributed by atoms with van der Waals surface area (Å²) in [6, 6.07) is 16.7. The zero-order chi connectivity index (χ0) is 16.5. The SMILES string of the molecule is COc1ccccc1CNC(=O)NCCC(O)c1ccccc1. The van der Waals surface area contributed by atoms with E-state index in [1.54, 1.807) is 7.11 Å². The van der Waals surface area contributed by atoms with Crippen molar-refractivity contribution >= 4 is 6.03 Å². The first-order valence-electron chi connectivity index (χ1n) is 7.57. The molecule has 0 saturated heterocycles. The number of aliphatic hydroxyl groups is 1. The van der Waals surface area contributed by atoms with E-state index in [4.69, 9.17) is 4.74 Å². The van der Waals surface area contributed by atoms with Crippen LogP contribution in [0.25, 0.3) is 0 Å². The summed E-state index contributed by atoms with van der Waals surface area (Å²) >= 11 is 0. The van der Waals surface area contributed by atoms with Crippen LogP contribution in [0, 0.1) is 0 Å². The van der Waals surface area contributed by atoms with Crippen LogP contribution in [-0.4, -0.2) is 24.8 Å². The summed E-state index contributed by atoms with van der Waals surface area (Å²) in [6.45, 7) is 0.783. The molecule has 0 saturated carbocycles. The molecule has 0 aromatic heterocycles. The van der Waals surface area contributed by atoms with Gasteiger partial charge in [0.05, 0.1) is 13.2 Å². The van der Waals surface area contributed by atoms with Gasteiger partial charge in [-0.2, -0.15) is 0 Å². The average Bonchev–Trinajstić information content (AvgIpc) is 2.60. The van der Waals surface area contributed by atoms with Gasteiger partial charge < -0.3 is 20.5 Å². The second-order valence-electron chi connectivity index (χ2n) is 5.14. The minimum atomic E-state index is -0.578. The van der Waals surface area contributed by atoms with Gasteiger partial charge in [-0.05, 0) is 18.1 Å². The third-order valence-corrected chi connectivity index (χ3v) is 3.52. The minimum absolute atomic E-state index is 0.267. The molecule has 1 atom stereocenters.